The molecule has 0 saturated heterocycles. The molecule has 1 aromatic heterocycles. The van der Waals surface area contributed by atoms with Gasteiger partial charge in [-0.15, -0.1) is 0 Å². The van der Waals surface area contributed by atoms with E-state index in [-0.39, 0.29) is 6.04 Å². The Morgan fingerprint density at radius 3 is 2.60 bits per heavy atom. The Morgan fingerprint density at radius 2 is 2.07 bits per heavy atom. The van der Waals surface area contributed by atoms with E-state index < -0.39 is 0 Å². The van der Waals surface area contributed by atoms with Crippen molar-refractivity contribution < 1.29 is 9.47 Å². The first-order chi connectivity index (χ1) is 7.26. The van der Waals surface area contributed by atoms with E-state index in [0.29, 0.717) is 18.3 Å². The van der Waals surface area contributed by atoms with Gasteiger partial charge in [0.05, 0.1) is 26.1 Å². The second-order valence-electron chi connectivity index (χ2n) is 3.15. The summed E-state index contributed by atoms with van der Waals surface area (Å²) in [5, 5.41) is 3.13. The maximum Gasteiger partial charge on any atom is 0.223 e. The summed E-state index contributed by atoms with van der Waals surface area (Å²) < 4.78 is 10.2. The largest absolute Gasteiger partial charge is 0.494 e. The minimum Gasteiger partial charge on any atom is -0.494 e. The quantitative estimate of drug-likeness (QED) is 0.769. The van der Waals surface area contributed by atoms with Gasteiger partial charge in [-0.2, -0.15) is 0 Å². The van der Waals surface area contributed by atoms with Gasteiger partial charge in [0.1, 0.15) is 0 Å². The maximum atomic E-state index is 5.27. The van der Waals surface area contributed by atoms with Crippen LogP contribution in [0.3, 0.4) is 0 Å². The molecule has 15 heavy (non-hydrogen) atoms. The van der Waals surface area contributed by atoms with Crippen LogP contribution in [0.5, 0.6) is 5.75 Å². The highest BCUT2D eigenvalue weighted by molar-refractivity contribution is 5.27. The molecule has 5 heteroatoms. The third kappa shape index (κ3) is 4.12. The summed E-state index contributed by atoms with van der Waals surface area (Å²) in [4.78, 5) is 8.19. The lowest BCUT2D eigenvalue weighted by molar-refractivity contribution is 0.141. The predicted molar refractivity (Wildman–Crippen MR) is 58.2 cm³/mol. The summed E-state index contributed by atoms with van der Waals surface area (Å²) in [6, 6.07) is 0.193. The van der Waals surface area contributed by atoms with E-state index >= 15 is 0 Å². The lowest BCUT2D eigenvalue weighted by atomic mass is 10.4. The van der Waals surface area contributed by atoms with Crippen molar-refractivity contribution in [3.05, 3.63) is 12.4 Å². The van der Waals surface area contributed by atoms with Crippen LogP contribution >= 0.6 is 0 Å². The van der Waals surface area contributed by atoms with E-state index in [1.165, 1.54) is 0 Å². The van der Waals surface area contributed by atoms with Crippen molar-refractivity contribution >= 4 is 5.95 Å². The van der Waals surface area contributed by atoms with Crippen LogP contribution in [0.25, 0.3) is 0 Å². The number of hydrogen-bond acceptors (Lipinski definition) is 5. The number of hydrogen-bond donors (Lipinski definition) is 1. The summed E-state index contributed by atoms with van der Waals surface area (Å²) >= 11 is 0. The minimum absolute atomic E-state index is 0.193. The van der Waals surface area contributed by atoms with Gasteiger partial charge >= 0.3 is 0 Å². The Morgan fingerprint density at radius 1 is 1.40 bits per heavy atom. The first-order valence-corrected chi connectivity index (χ1v) is 4.96. The molecular formula is C10H17N3O2. The number of methoxy groups -OCH3 is 1. The van der Waals surface area contributed by atoms with E-state index in [1.807, 2.05) is 13.8 Å². The van der Waals surface area contributed by atoms with Gasteiger partial charge in [0.2, 0.25) is 5.95 Å². The van der Waals surface area contributed by atoms with Crippen LogP contribution < -0.4 is 10.1 Å². The highest BCUT2D eigenvalue weighted by atomic mass is 16.5. The Bertz CT molecular complexity index is 277. The number of rotatable bonds is 6. The predicted octanol–water partition coefficient (Wildman–Crippen LogP) is 1.32. The molecule has 0 fully saturated rings. The van der Waals surface area contributed by atoms with Crippen molar-refractivity contribution in [2.24, 2.45) is 0 Å². The molecule has 0 bridgehead atoms. The smallest absolute Gasteiger partial charge is 0.223 e. The van der Waals surface area contributed by atoms with Crippen LogP contribution in [-0.2, 0) is 4.74 Å². The van der Waals surface area contributed by atoms with Crippen LogP contribution in [0.4, 0.5) is 5.95 Å². The second-order valence-corrected chi connectivity index (χ2v) is 3.15. The zero-order valence-electron chi connectivity index (χ0n) is 9.36. The van der Waals surface area contributed by atoms with Gasteiger partial charge in [-0.3, -0.25) is 0 Å². The Hall–Kier alpha value is -1.36. The third-order valence-corrected chi connectivity index (χ3v) is 1.81. The first kappa shape index (κ1) is 11.7. The standard InChI is InChI=1S/C10H17N3O2/c1-4-15-7-8(2)13-10-11-5-9(14-3)6-12-10/h5-6,8H,4,7H2,1-3H3,(H,11,12,13). The summed E-state index contributed by atoms with van der Waals surface area (Å²) in [5.74, 6) is 1.24. The lowest BCUT2D eigenvalue weighted by Gasteiger charge is -2.13. The van der Waals surface area contributed by atoms with Crippen molar-refractivity contribution in [3.8, 4) is 5.75 Å². The molecule has 0 aliphatic rings. The van der Waals surface area contributed by atoms with Crippen molar-refractivity contribution in [1.82, 2.24) is 9.97 Å². The molecule has 0 amide bonds. The molecule has 1 unspecified atom stereocenters. The number of nitrogens with one attached hydrogen (secondary N) is 1. The molecule has 1 N–H and O–H groups in total. The lowest BCUT2D eigenvalue weighted by Crippen LogP contribution is -2.22. The molecule has 5 nitrogen and oxygen atoms in total. The van der Waals surface area contributed by atoms with Crippen molar-refractivity contribution in [2.75, 3.05) is 25.6 Å². The first-order valence-electron chi connectivity index (χ1n) is 4.96. The Balaban J connectivity index is 2.42. The number of anilines is 1. The Labute approximate surface area is 89.8 Å². The summed E-state index contributed by atoms with van der Waals surface area (Å²) in [7, 11) is 1.59. The average Bonchev–Trinajstić information content (AvgIpc) is 2.27. The molecule has 1 atom stereocenters. The highest BCUT2D eigenvalue weighted by Crippen LogP contribution is 2.07. The fourth-order valence-corrected chi connectivity index (χ4v) is 1.05. The Kier molecular flexibility index (Phi) is 4.83. The van der Waals surface area contributed by atoms with Gasteiger partial charge in [0, 0.05) is 12.6 Å². The molecule has 0 aliphatic heterocycles. The van der Waals surface area contributed by atoms with E-state index in [4.69, 9.17) is 9.47 Å². The normalized spacial score (nSPS) is 12.2. The number of aromatic nitrogens is 2. The minimum atomic E-state index is 0.193. The van der Waals surface area contributed by atoms with E-state index in [2.05, 4.69) is 15.3 Å². The topological polar surface area (TPSA) is 56.3 Å². The zero-order valence-corrected chi connectivity index (χ0v) is 9.36. The van der Waals surface area contributed by atoms with Gasteiger partial charge in [0.15, 0.2) is 5.75 Å². The zero-order chi connectivity index (χ0) is 11.1. The molecular weight excluding hydrogens is 194 g/mol. The monoisotopic (exact) mass is 211 g/mol. The molecule has 0 radical (unpaired) electrons. The van der Waals surface area contributed by atoms with Gasteiger partial charge < -0.3 is 14.8 Å². The third-order valence-electron chi connectivity index (χ3n) is 1.81. The van der Waals surface area contributed by atoms with Gasteiger partial charge in [-0.1, -0.05) is 0 Å². The van der Waals surface area contributed by atoms with Gasteiger partial charge in [-0.05, 0) is 13.8 Å². The number of ether oxygens (including phenoxy) is 2. The van der Waals surface area contributed by atoms with Crippen molar-refractivity contribution in [3.63, 3.8) is 0 Å². The summed E-state index contributed by atoms with van der Waals surface area (Å²) in [6.07, 6.45) is 3.26. The van der Waals surface area contributed by atoms with Gasteiger partial charge in [0.25, 0.3) is 0 Å². The van der Waals surface area contributed by atoms with Crippen molar-refractivity contribution in [2.45, 2.75) is 19.9 Å². The average molecular weight is 211 g/mol. The maximum absolute atomic E-state index is 5.27. The molecule has 0 saturated carbocycles. The van der Waals surface area contributed by atoms with E-state index in [9.17, 15) is 0 Å². The van der Waals surface area contributed by atoms with E-state index in [0.717, 1.165) is 6.61 Å². The molecule has 0 aromatic carbocycles. The second kappa shape index (κ2) is 6.19. The van der Waals surface area contributed by atoms with Crippen LogP contribution in [-0.4, -0.2) is 36.3 Å². The summed E-state index contributed by atoms with van der Waals surface area (Å²) in [6.45, 7) is 5.35. The summed E-state index contributed by atoms with van der Waals surface area (Å²) in [5.41, 5.74) is 0. The molecule has 84 valence electrons. The molecule has 1 rings (SSSR count). The fraction of sp³-hybridized carbons (Fsp3) is 0.600. The van der Waals surface area contributed by atoms with Crippen molar-refractivity contribution in [1.29, 1.82) is 0 Å². The van der Waals surface area contributed by atoms with Crippen LogP contribution in [0.1, 0.15) is 13.8 Å². The van der Waals surface area contributed by atoms with Crippen LogP contribution in [0, 0.1) is 0 Å². The van der Waals surface area contributed by atoms with E-state index in [1.54, 1.807) is 19.5 Å². The molecule has 1 heterocycles. The fourth-order valence-electron chi connectivity index (χ4n) is 1.05. The van der Waals surface area contributed by atoms with Gasteiger partial charge in [-0.25, -0.2) is 9.97 Å². The van der Waals surface area contributed by atoms with Crippen LogP contribution in [0.2, 0.25) is 0 Å². The molecule has 1 aromatic rings. The van der Waals surface area contributed by atoms with Crippen LogP contribution in [0.15, 0.2) is 12.4 Å². The molecule has 0 spiro atoms. The highest BCUT2D eigenvalue weighted by Gasteiger charge is 2.03. The molecule has 0 aliphatic carbocycles. The SMILES string of the molecule is CCOCC(C)Nc1ncc(OC)cn1. The number of nitrogens with zero attached hydrogens (tertiary/aromatic N) is 2.